The highest BCUT2D eigenvalue weighted by molar-refractivity contribution is 5.91. The first-order valence-electron chi connectivity index (χ1n) is 10.5. The Bertz CT molecular complexity index is 861. The van der Waals surface area contributed by atoms with Crippen LogP contribution in [0.5, 0.6) is 5.75 Å². The maximum absolute atomic E-state index is 13.1. The quantitative estimate of drug-likeness (QED) is 0.816. The lowest BCUT2D eigenvalue weighted by molar-refractivity contribution is -1.18. The first-order valence-corrected chi connectivity index (χ1v) is 10.5. The Morgan fingerprint density at radius 1 is 0.964 bits per heavy atom. The molecule has 0 radical (unpaired) electrons. The highest BCUT2D eigenvalue weighted by Gasteiger charge is 2.69. The Hall–Kier alpha value is -2.17. The van der Waals surface area contributed by atoms with E-state index in [2.05, 4.69) is 50.2 Å². The fraction of sp³-hybridized carbons (Fsp3) is 0.458. The van der Waals surface area contributed by atoms with Gasteiger partial charge in [0.15, 0.2) is 5.78 Å². The molecule has 6 rings (SSSR count). The number of ether oxygens (including phenoxy) is 1. The van der Waals surface area contributed by atoms with E-state index in [0.29, 0.717) is 18.6 Å². The van der Waals surface area contributed by atoms with Gasteiger partial charge >= 0.3 is 0 Å². The van der Waals surface area contributed by atoms with Gasteiger partial charge in [-0.2, -0.15) is 0 Å². The minimum Gasteiger partial charge on any atom is -0.489 e. The lowest BCUT2D eigenvalue weighted by atomic mass is 9.60. The van der Waals surface area contributed by atoms with Crippen molar-refractivity contribution in [1.82, 2.24) is 0 Å². The number of ketones is 1. The van der Waals surface area contributed by atoms with Crippen molar-refractivity contribution in [2.45, 2.75) is 33.0 Å². The van der Waals surface area contributed by atoms with Gasteiger partial charge in [0.05, 0.1) is 18.7 Å². The van der Waals surface area contributed by atoms with Crippen LogP contribution in [0.1, 0.15) is 37.6 Å². The predicted molar refractivity (Wildman–Crippen MR) is 107 cm³/mol. The highest BCUT2D eigenvalue weighted by Crippen LogP contribution is 2.38. The van der Waals surface area contributed by atoms with E-state index in [-0.39, 0.29) is 10.8 Å². The predicted octanol–water partition coefficient (Wildman–Crippen LogP) is 1.05. The van der Waals surface area contributed by atoms with Crippen LogP contribution in [0.15, 0.2) is 54.6 Å². The normalized spacial score (nSPS) is 35.9. The molecule has 4 fully saturated rings. The van der Waals surface area contributed by atoms with Gasteiger partial charge in [-0.1, -0.05) is 37.3 Å². The maximum atomic E-state index is 13.1. The van der Waals surface area contributed by atoms with E-state index in [1.165, 1.54) is 11.1 Å². The van der Waals surface area contributed by atoms with Gasteiger partial charge in [0, 0.05) is 0 Å². The van der Waals surface area contributed by atoms with Gasteiger partial charge < -0.3 is 4.74 Å². The third-order valence-corrected chi connectivity index (χ3v) is 7.35. The second-order valence-electron chi connectivity index (χ2n) is 9.32. The molecular formula is C24H30N2O2+2. The number of quaternary nitrogens is 2. The Labute approximate surface area is 167 Å². The summed E-state index contributed by atoms with van der Waals surface area (Å²) in [5, 5.41) is 0. The molecule has 4 saturated heterocycles. The van der Waals surface area contributed by atoms with E-state index in [4.69, 9.17) is 4.74 Å². The smallest absolute Gasteiger partial charge is 0.240 e. The monoisotopic (exact) mass is 378 g/mol. The van der Waals surface area contributed by atoms with Gasteiger partial charge in [0.25, 0.3) is 0 Å². The number of rotatable bonds is 5. The van der Waals surface area contributed by atoms with Crippen LogP contribution in [0.3, 0.4) is 0 Å². The number of nitrogens with one attached hydrogen (secondary N) is 2. The Morgan fingerprint density at radius 2 is 1.61 bits per heavy atom. The second kappa shape index (κ2) is 6.43. The molecule has 4 aliphatic rings. The van der Waals surface area contributed by atoms with E-state index < -0.39 is 0 Å². The van der Waals surface area contributed by atoms with Crippen molar-refractivity contribution in [3.8, 4) is 5.75 Å². The molecule has 4 heterocycles. The molecule has 0 aliphatic carbocycles. The molecule has 0 amide bonds. The zero-order valence-corrected chi connectivity index (χ0v) is 16.8. The van der Waals surface area contributed by atoms with Gasteiger partial charge in [-0.05, 0) is 43.2 Å². The van der Waals surface area contributed by atoms with Crippen LogP contribution in [0, 0.1) is 10.8 Å². The van der Waals surface area contributed by atoms with Crippen molar-refractivity contribution in [2.24, 2.45) is 10.8 Å². The number of Topliss-reactive ketones (excluding diaryl/α,β-unsaturated/α-hetero) is 1. The number of benzene rings is 2. The molecule has 2 aromatic rings. The SMILES string of the molecule is CCC12C[NH+]3CC(C)(C[NH+](C1)C3c1ccc(OCc3ccccc3)cc1)C2=O. The van der Waals surface area contributed by atoms with Crippen LogP contribution in [0.4, 0.5) is 0 Å². The molecule has 2 unspecified atom stereocenters. The van der Waals surface area contributed by atoms with E-state index in [0.717, 1.165) is 38.3 Å². The molecule has 0 saturated carbocycles. The molecule has 2 atom stereocenters. The summed E-state index contributed by atoms with van der Waals surface area (Å²) in [6, 6.07) is 18.9. The minimum atomic E-state index is -0.133. The molecule has 2 N–H and O–H groups in total. The average Bonchev–Trinajstić information content (AvgIpc) is 2.71. The minimum absolute atomic E-state index is 0.0921. The van der Waals surface area contributed by atoms with Crippen LogP contribution in [-0.2, 0) is 11.4 Å². The average molecular weight is 379 g/mol. The summed E-state index contributed by atoms with van der Waals surface area (Å²) in [5.74, 6) is 1.46. The van der Waals surface area contributed by atoms with Gasteiger partial charge in [-0.3, -0.25) is 14.6 Å². The van der Waals surface area contributed by atoms with Crippen molar-refractivity contribution >= 4 is 5.78 Å². The largest absolute Gasteiger partial charge is 0.489 e. The van der Waals surface area contributed by atoms with Gasteiger partial charge in [0.1, 0.15) is 36.3 Å². The summed E-state index contributed by atoms with van der Waals surface area (Å²) in [4.78, 5) is 16.3. The zero-order chi connectivity index (χ0) is 19.4. The van der Waals surface area contributed by atoms with Gasteiger partial charge in [0.2, 0.25) is 6.17 Å². The molecule has 0 spiro atoms. The van der Waals surface area contributed by atoms with Crippen LogP contribution in [0.25, 0.3) is 0 Å². The molecule has 4 aliphatic heterocycles. The summed E-state index contributed by atoms with van der Waals surface area (Å²) in [6.07, 6.45) is 1.43. The van der Waals surface area contributed by atoms with Crippen molar-refractivity contribution in [2.75, 3.05) is 26.2 Å². The molecule has 4 heteroatoms. The van der Waals surface area contributed by atoms with Crippen molar-refractivity contribution in [1.29, 1.82) is 0 Å². The molecule has 146 valence electrons. The van der Waals surface area contributed by atoms with Gasteiger partial charge in [-0.15, -0.1) is 0 Å². The van der Waals surface area contributed by atoms with Crippen molar-refractivity contribution < 1.29 is 19.3 Å². The molecule has 4 nitrogen and oxygen atoms in total. The van der Waals surface area contributed by atoms with Crippen molar-refractivity contribution in [3.05, 3.63) is 65.7 Å². The highest BCUT2D eigenvalue weighted by atomic mass is 16.5. The lowest BCUT2D eigenvalue weighted by Gasteiger charge is -2.59. The van der Waals surface area contributed by atoms with E-state index in [1.54, 1.807) is 9.80 Å². The summed E-state index contributed by atoms with van der Waals surface area (Å²) in [5.41, 5.74) is 2.33. The number of hydrogen-bond donors (Lipinski definition) is 2. The summed E-state index contributed by atoms with van der Waals surface area (Å²) < 4.78 is 5.96. The number of carbonyl (C=O) groups excluding carboxylic acids is 1. The second-order valence-corrected chi connectivity index (χ2v) is 9.32. The lowest BCUT2D eigenvalue weighted by Crippen LogP contribution is -3.41. The van der Waals surface area contributed by atoms with Crippen LogP contribution >= 0.6 is 0 Å². The van der Waals surface area contributed by atoms with Crippen LogP contribution < -0.4 is 14.5 Å². The van der Waals surface area contributed by atoms with Gasteiger partial charge in [-0.25, -0.2) is 0 Å². The van der Waals surface area contributed by atoms with Crippen molar-refractivity contribution in [3.63, 3.8) is 0 Å². The Balaban J connectivity index is 1.33. The third kappa shape index (κ3) is 2.70. The summed E-state index contributed by atoms with van der Waals surface area (Å²) in [6.45, 7) is 8.95. The van der Waals surface area contributed by atoms with E-state index in [9.17, 15) is 4.79 Å². The summed E-state index contributed by atoms with van der Waals surface area (Å²) in [7, 11) is 0. The topological polar surface area (TPSA) is 35.2 Å². The first-order chi connectivity index (χ1) is 13.5. The van der Waals surface area contributed by atoms with Crippen LogP contribution in [-0.4, -0.2) is 32.0 Å². The van der Waals surface area contributed by atoms with E-state index >= 15 is 0 Å². The fourth-order valence-electron chi connectivity index (χ4n) is 6.16. The third-order valence-electron chi connectivity index (χ3n) is 7.35. The molecule has 2 aromatic carbocycles. The first kappa shape index (κ1) is 17.9. The molecule has 28 heavy (non-hydrogen) atoms. The van der Waals surface area contributed by atoms with Crippen LogP contribution in [0.2, 0.25) is 0 Å². The number of hydrogen-bond acceptors (Lipinski definition) is 2. The molecule has 0 aromatic heterocycles. The molecule has 4 bridgehead atoms. The zero-order valence-electron chi connectivity index (χ0n) is 16.8. The number of carbonyl (C=O) groups is 1. The Kier molecular flexibility index (Phi) is 4.11. The summed E-state index contributed by atoms with van der Waals surface area (Å²) >= 11 is 0. The molecular weight excluding hydrogens is 348 g/mol. The Morgan fingerprint density at radius 3 is 2.21 bits per heavy atom. The number of piperidine rings is 2. The fourth-order valence-corrected chi connectivity index (χ4v) is 6.16. The maximum Gasteiger partial charge on any atom is 0.240 e. The van der Waals surface area contributed by atoms with E-state index in [1.807, 2.05) is 18.2 Å². The standard InChI is InChI=1S/C24H28N2O2/c1-3-24-16-25-14-23(2,22(24)27)15-26(17-24)21(25)19-9-11-20(12-10-19)28-13-18-7-5-4-6-8-18/h4-12,21H,3,13-17H2,1-2H3/p+2.